The van der Waals surface area contributed by atoms with Crippen molar-refractivity contribution in [1.29, 1.82) is 0 Å². The first kappa shape index (κ1) is 25.8. The average molecular weight is 553 g/mol. The summed E-state index contributed by atoms with van der Waals surface area (Å²) in [4.78, 5) is 26.8. The van der Waals surface area contributed by atoms with Gasteiger partial charge in [0, 0.05) is 41.7 Å². The Morgan fingerprint density at radius 2 is 1.95 bits per heavy atom. The number of hydrogen-bond donors (Lipinski definition) is 3. The van der Waals surface area contributed by atoms with Gasteiger partial charge in [0.25, 0.3) is 0 Å². The summed E-state index contributed by atoms with van der Waals surface area (Å²) in [6.07, 6.45) is 9.83. The number of aryl methyl sites for hydroxylation is 1. The summed E-state index contributed by atoms with van der Waals surface area (Å²) in [6.45, 7) is 3.85. The predicted octanol–water partition coefficient (Wildman–Crippen LogP) is 6.22. The van der Waals surface area contributed by atoms with Crippen molar-refractivity contribution >= 4 is 28.3 Å². The van der Waals surface area contributed by atoms with E-state index in [0.29, 0.717) is 39.6 Å². The number of halogens is 1. The SMILES string of the molecule is Cc1ccc2c(NC(=O)C3CC34CCC4)c(F)ccc2c1Oc1ncccc1-c1ccnc(N[C@H]2CCCNC2)n1. The molecule has 2 aromatic heterocycles. The summed E-state index contributed by atoms with van der Waals surface area (Å²) in [5.74, 6) is 0.916. The molecule has 1 unspecified atom stereocenters. The molecule has 2 saturated carbocycles. The second-order valence-electron chi connectivity index (χ2n) is 11.6. The van der Waals surface area contributed by atoms with E-state index in [9.17, 15) is 4.79 Å². The molecule has 9 heteroatoms. The Morgan fingerprint density at radius 3 is 2.73 bits per heavy atom. The number of benzene rings is 2. The van der Waals surface area contributed by atoms with Gasteiger partial charge in [0.05, 0.1) is 16.9 Å². The van der Waals surface area contributed by atoms with Crippen molar-refractivity contribution in [3.63, 3.8) is 0 Å². The molecule has 1 aliphatic heterocycles. The third-order valence-electron chi connectivity index (χ3n) is 8.93. The van der Waals surface area contributed by atoms with Gasteiger partial charge in [-0.25, -0.2) is 19.3 Å². The topological polar surface area (TPSA) is 101 Å². The molecule has 41 heavy (non-hydrogen) atoms. The molecule has 210 valence electrons. The average Bonchev–Trinajstić information content (AvgIpc) is 3.75. The lowest BCUT2D eigenvalue weighted by Crippen LogP contribution is -2.38. The number of carbonyl (C=O) groups is 1. The van der Waals surface area contributed by atoms with Crippen molar-refractivity contribution in [3.8, 4) is 22.9 Å². The molecule has 0 radical (unpaired) electrons. The summed E-state index contributed by atoms with van der Waals surface area (Å²) < 4.78 is 21.6. The van der Waals surface area contributed by atoms with Crippen molar-refractivity contribution in [2.75, 3.05) is 23.7 Å². The Morgan fingerprint density at radius 1 is 1.07 bits per heavy atom. The number of fused-ring (bicyclic) bond motifs is 1. The fourth-order valence-electron chi connectivity index (χ4n) is 6.33. The summed E-state index contributed by atoms with van der Waals surface area (Å²) in [5.41, 5.74) is 2.62. The maximum absolute atomic E-state index is 15.1. The standard InChI is InChI=1S/C32H33FN6O2/c1-19-7-8-21-22(9-10-25(33)27(21)39-29(40)24-17-32(24)12-4-13-32)28(19)41-30-23(6-3-15-35-30)26-11-16-36-31(38-26)37-20-5-2-14-34-18-20/h3,6-11,15-16,20,24,34H,2,4-5,12-14,17-18H2,1H3,(H,39,40)(H,36,37,38)/t20-,24?/m0/s1. The van der Waals surface area contributed by atoms with Crippen LogP contribution in [0.3, 0.4) is 0 Å². The van der Waals surface area contributed by atoms with Gasteiger partial charge in [-0.1, -0.05) is 18.6 Å². The number of piperidine rings is 1. The smallest absolute Gasteiger partial charge is 0.228 e. The van der Waals surface area contributed by atoms with Gasteiger partial charge in [-0.2, -0.15) is 0 Å². The zero-order valence-corrected chi connectivity index (χ0v) is 23.0. The van der Waals surface area contributed by atoms with E-state index in [1.165, 1.54) is 12.5 Å². The minimum atomic E-state index is -0.461. The Kier molecular flexibility index (Phi) is 6.54. The first-order valence-electron chi connectivity index (χ1n) is 14.5. The van der Waals surface area contributed by atoms with Gasteiger partial charge in [-0.3, -0.25) is 4.79 Å². The maximum Gasteiger partial charge on any atom is 0.228 e. The molecule has 0 bridgehead atoms. The van der Waals surface area contributed by atoms with Gasteiger partial charge in [0.1, 0.15) is 11.6 Å². The van der Waals surface area contributed by atoms with Gasteiger partial charge >= 0.3 is 0 Å². The van der Waals surface area contributed by atoms with Crippen molar-refractivity contribution in [3.05, 3.63) is 66.2 Å². The number of ether oxygens (including phenoxy) is 1. The molecular weight excluding hydrogens is 519 g/mol. The van der Waals surface area contributed by atoms with Gasteiger partial charge in [-0.15, -0.1) is 0 Å². The molecule has 3 aliphatic rings. The van der Waals surface area contributed by atoms with Crippen LogP contribution in [0.15, 0.2) is 54.9 Å². The molecule has 7 rings (SSSR count). The van der Waals surface area contributed by atoms with Crippen molar-refractivity contribution in [1.82, 2.24) is 20.3 Å². The van der Waals surface area contributed by atoms with E-state index in [1.54, 1.807) is 18.5 Å². The Bertz CT molecular complexity index is 1630. The predicted molar refractivity (Wildman–Crippen MR) is 157 cm³/mol. The van der Waals surface area contributed by atoms with Crippen LogP contribution < -0.4 is 20.7 Å². The zero-order valence-electron chi connectivity index (χ0n) is 23.0. The summed E-state index contributed by atoms with van der Waals surface area (Å²) in [7, 11) is 0. The van der Waals surface area contributed by atoms with Crippen LogP contribution in [0.2, 0.25) is 0 Å². The normalized spacial score (nSPS) is 20.8. The van der Waals surface area contributed by atoms with Crippen LogP contribution in [0.5, 0.6) is 11.6 Å². The highest BCUT2D eigenvalue weighted by molar-refractivity contribution is 6.06. The number of carbonyl (C=O) groups excluding carboxylic acids is 1. The van der Waals surface area contributed by atoms with Crippen LogP contribution in [0.4, 0.5) is 16.0 Å². The molecule has 1 spiro atoms. The van der Waals surface area contributed by atoms with E-state index in [1.807, 2.05) is 37.3 Å². The highest BCUT2D eigenvalue weighted by Crippen LogP contribution is 2.65. The quantitative estimate of drug-likeness (QED) is 0.250. The number of pyridine rings is 1. The number of amides is 1. The van der Waals surface area contributed by atoms with Crippen molar-refractivity contribution in [2.45, 2.75) is 51.5 Å². The maximum atomic E-state index is 15.1. The van der Waals surface area contributed by atoms with Crippen LogP contribution in [-0.2, 0) is 4.79 Å². The number of nitrogens with one attached hydrogen (secondary N) is 3. The van der Waals surface area contributed by atoms with E-state index < -0.39 is 5.82 Å². The molecular formula is C32H33FN6O2. The molecule has 1 amide bonds. The molecule has 3 fully saturated rings. The molecule has 2 atom stereocenters. The molecule has 1 saturated heterocycles. The fourth-order valence-corrected chi connectivity index (χ4v) is 6.33. The monoisotopic (exact) mass is 552 g/mol. The Hall–Kier alpha value is -4.11. The van der Waals surface area contributed by atoms with E-state index in [4.69, 9.17) is 9.72 Å². The number of rotatable bonds is 7. The van der Waals surface area contributed by atoms with Crippen LogP contribution in [0, 0.1) is 24.1 Å². The van der Waals surface area contributed by atoms with E-state index in [-0.39, 0.29) is 29.0 Å². The van der Waals surface area contributed by atoms with Crippen LogP contribution >= 0.6 is 0 Å². The third kappa shape index (κ3) is 4.88. The van der Waals surface area contributed by atoms with E-state index in [0.717, 1.165) is 50.8 Å². The largest absolute Gasteiger partial charge is 0.437 e. The lowest BCUT2D eigenvalue weighted by atomic mass is 9.79. The minimum absolute atomic E-state index is 0.0234. The van der Waals surface area contributed by atoms with Gasteiger partial charge in [-0.05, 0) is 86.9 Å². The van der Waals surface area contributed by atoms with Gasteiger partial charge in [0.2, 0.25) is 17.7 Å². The minimum Gasteiger partial charge on any atom is -0.437 e. The number of anilines is 2. The second kappa shape index (κ2) is 10.4. The highest BCUT2D eigenvalue weighted by Gasteiger charge is 2.60. The van der Waals surface area contributed by atoms with Crippen molar-refractivity contribution in [2.24, 2.45) is 11.3 Å². The van der Waals surface area contributed by atoms with Crippen LogP contribution in [-0.4, -0.2) is 40.0 Å². The number of hydrogen-bond acceptors (Lipinski definition) is 7. The first-order chi connectivity index (χ1) is 20.0. The summed E-state index contributed by atoms with van der Waals surface area (Å²) in [5, 5.41) is 11.0. The lowest BCUT2D eigenvalue weighted by molar-refractivity contribution is -0.118. The number of nitrogens with zero attached hydrogens (tertiary/aromatic N) is 3. The molecule has 4 aromatic rings. The molecule has 8 nitrogen and oxygen atoms in total. The summed E-state index contributed by atoms with van der Waals surface area (Å²) in [6, 6.07) is 12.7. The lowest BCUT2D eigenvalue weighted by Gasteiger charge is -2.26. The Balaban J connectivity index is 1.19. The second-order valence-corrected chi connectivity index (χ2v) is 11.6. The van der Waals surface area contributed by atoms with Crippen molar-refractivity contribution < 1.29 is 13.9 Å². The molecule has 2 aliphatic carbocycles. The highest BCUT2D eigenvalue weighted by atomic mass is 19.1. The van der Waals surface area contributed by atoms with E-state index in [2.05, 4.69) is 25.9 Å². The van der Waals surface area contributed by atoms with Crippen LogP contribution in [0.25, 0.3) is 22.0 Å². The Labute approximate surface area is 238 Å². The molecule has 3 heterocycles. The van der Waals surface area contributed by atoms with E-state index >= 15 is 4.39 Å². The fraction of sp³-hybridized carbons (Fsp3) is 0.375. The molecule has 3 N–H and O–H groups in total. The number of aromatic nitrogens is 3. The van der Waals surface area contributed by atoms with Crippen LogP contribution in [0.1, 0.15) is 44.1 Å². The molecule has 2 aromatic carbocycles. The van der Waals surface area contributed by atoms with Gasteiger partial charge < -0.3 is 20.7 Å². The third-order valence-corrected chi connectivity index (χ3v) is 8.93. The zero-order chi connectivity index (χ0) is 28.0. The van der Waals surface area contributed by atoms with Gasteiger partial charge in [0.15, 0.2) is 0 Å². The first-order valence-corrected chi connectivity index (χ1v) is 14.5. The summed E-state index contributed by atoms with van der Waals surface area (Å²) >= 11 is 0.